The van der Waals surface area contributed by atoms with Crippen molar-refractivity contribution in [3.8, 4) is 11.1 Å². The van der Waals surface area contributed by atoms with E-state index in [1.54, 1.807) is 23.7 Å². The van der Waals surface area contributed by atoms with Crippen LogP contribution in [-0.2, 0) is 6.42 Å². The number of aromatic nitrogens is 2. The van der Waals surface area contributed by atoms with Gasteiger partial charge in [0.1, 0.15) is 5.82 Å². The number of nitrogens with zero attached hydrogens (tertiary/aromatic N) is 5. The van der Waals surface area contributed by atoms with Crippen molar-refractivity contribution in [3.63, 3.8) is 0 Å². The van der Waals surface area contributed by atoms with E-state index in [1.165, 1.54) is 5.56 Å². The number of carbonyl (C=O) groups is 1. The van der Waals surface area contributed by atoms with E-state index in [2.05, 4.69) is 50.9 Å². The SMILES string of the molecule is CCc1ccc(C2=NN(C)N(C)N2)cc1-c1ccc(NC(=O)c2cnccc2C)nc1.[HH]. The molecule has 4 rings (SSSR count). The molecule has 0 aliphatic carbocycles. The van der Waals surface area contributed by atoms with E-state index in [4.69, 9.17) is 0 Å². The van der Waals surface area contributed by atoms with Gasteiger partial charge in [0.25, 0.3) is 5.91 Å². The van der Waals surface area contributed by atoms with Crippen LogP contribution in [0.4, 0.5) is 5.82 Å². The minimum Gasteiger partial charge on any atom is -0.307 e. The summed E-state index contributed by atoms with van der Waals surface area (Å²) in [6.07, 6.45) is 5.91. The quantitative estimate of drug-likeness (QED) is 0.661. The molecular weight excluding hydrogens is 390 g/mol. The molecule has 0 radical (unpaired) electrons. The zero-order chi connectivity index (χ0) is 22.0. The lowest BCUT2D eigenvalue weighted by Gasteiger charge is -2.16. The largest absolute Gasteiger partial charge is 0.307 e. The average Bonchev–Trinajstić information content (AvgIpc) is 3.12. The number of anilines is 1. The normalized spacial score (nSPS) is 13.7. The lowest BCUT2D eigenvalue weighted by molar-refractivity contribution is 0.0275. The maximum Gasteiger partial charge on any atom is 0.258 e. The van der Waals surface area contributed by atoms with Crippen LogP contribution in [0.5, 0.6) is 0 Å². The molecule has 0 atom stereocenters. The number of amides is 1. The van der Waals surface area contributed by atoms with Gasteiger partial charge >= 0.3 is 0 Å². The maximum atomic E-state index is 12.5. The van der Waals surface area contributed by atoms with E-state index in [0.717, 1.165) is 34.5 Å². The van der Waals surface area contributed by atoms with Gasteiger partial charge in [-0.2, -0.15) is 0 Å². The number of amidine groups is 1. The van der Waals surface area contributed by atoms with Crippen molar-refractivity contribution in [2.75, 3.05) is 19.4 Å². The highest BCUT2D eigenvalue weighted by molar-refractivity contribution is 6.04. The maximum absolute atomic E-state index is 12.5. The molecule has 0 bridgehead atoms. The Bertz CT molecular complexity index is 1150. The summed E-state index contributed by atoms with van der Waals surface area (Å²) >= 11 is 0. The molecule has 1 aromatic carbocycles. The van der Waals surface area contributed by atoms with E-state index >= 15 is 0 Å². The van der Waals surface area contributed by atoms with Gasteiger partial charge in [0.05, 0.1) is 5.56 Å². The van der Waals surface area contributed by atoms with Gasteiger partial charge in [0.15, 0.2) is 5.84 Å². The van der Waals surface area contributed by atoms with Crippen LogP contribution in [0.2, 0.25) is 0 Å². The topological polar surface area (TPSA) is 85.8 Å². The molecule has 0 saturated carbocycles. The number of hydrazine groups is 2. The molecule has 2 aromatic heterocycles. The van der Waals surface area contributed by atoms with Crippen molar-refractivity contribution in [2.24, 2.45) is 5.10 Å². The van der Waals surface area contributed by atoms with Crippen LogP contribution in [0.25, 0.3) is 11.1 Å². The Balaban J connectivity index is 0.00000289. The van der Waals surface area contributed by atoms with E-state index in [0.29, 0.717) is 11.4 Å². The second kappa shape index (κ2) is 8.53. The van der Waals surface area contributed by atoms with E-state index < -0.39 is 0 Å². The molecule has 8 nitrogen and oxygen atoms in total. The van der Waals surface area contributed by atoms with Gasteiger partial charge in [0.2, 0.25) is 0 Å². The van der Waals surface area contributed by atoms with Crippen molar-refractivity contribution < 1.29 is 6.22 Å². The van der Waals surface area contributed by atoms with Gasteiger partial charge in [0, 0.05) is 45.2 Å². The van der Waals surface area contributed by atoms with Crippen LogP contribution in [0.3, 0.4) is 0 Å². The number of carbonyl (C=O) groups excluding carboxylic acids is 1. The average molecular weight is 418 g/mol. The van der Waals surface area contributed by atoms with Gasteiger partial charge in [-0.05, 0) is 54.3 Å². The Hall–Kier alpha value is -3.78. The van der Waals surface area contributed by atoms with Crippen LogP contribution in [-0.4, -0.2) is 46.0 Å². The minimum atomic E-state index is -0.222. The summed E-state index contributed by atoms with van der Waals surface area (Å²) < 4.78 is 0. The van der Waals surface area contributed by atoms with Crippen molar-refractivity contribution in [3.05, 3.63) is 77.2 Å². The Morgan fingerprint density at radius 3 is 2.58 bits per heavy atom. The number of hydrazone groups is 1. The lowest BCUT2D eigenvalue weighted by atomic mass is 9.96. The van der Waals surface area contributed by atoms with E-state index in [9.17, 15) is 4.79 Å². The molecule has 0 unspecified atom stereocenters. The highest BCUT2D eigenvalue weighted by Gasteiger charge is 2.18. The number of hydrogen-bond donors (Lipinski definition) is 2. The fourth-order valence-electron chi connectivity index (χ4n) is 3.40. The van der Waals surface area contributed by atoms with Crippen LogP contribution in [0, 0.1) is 6.92 Å². The summed E-state index contributed by atoms with van der Waals surface area (Å²) in [4.78, 5) is 21.0. The molecule has 3 aromatic rings. The van der Waals surface area contributed by atoms with Crippen LogP contribution in [0.1, 0.15) is 35.4 Å². The first-order chi connectivity index (χ1) is 15.0. The van der Waals surface area contributed by atoms with Gasteiger partial charge in [-0.3, -0.25) is 15.2 Å². The zero-order valence-electron chi connectivity index (χ0n) is 18.0. The molecule has 3 heterocycles. The number of nitrogens with one attached hydrogen (secondary N) is 2. The molecule has 0 spiro atoms. The third-order valence-electron chi connectivity index (χ3n) is 5.31. The number of rotatable bonds is 5. The number of benzene rings is 1. The molecule has 1 aliphatic heterocycles. The van der Waals surface area contributed by atoms with Crippen molar-refractivity contribution in [2.45, 2.75) is 20.3 Å². The number of aryl methyl sites for hydroxylation is 2. The van der Waals surface area contributed by atoms with Gasteiger partial charge in [-0.15, -0.1) is 10.2 Å². The fraction of sp³-hybridized carbons (Fsp3) is 0.217. The van der Waals surface area contributed by atoms with E-state index in [-0.39, 0.29) is 7.33 Å². The molecule has 160 valence electrons. The second-order valence-corrected chi connectivity index (χ2v) is 7.38. The Labute approximate surface area is 183 Å². The minimum absolute atomic E-state index is 0. The van der Waals surface area contributed by atoms with Crippen LogP contribution >= 0.6 is 0 Å². The molecule has 1 amide bonds. The van der Waals surface area contributed by atoms with Gasteiger partial charge in [-0.25, -0.2) is 10.1 Å². The van der Waals surface area contributed by atoms with Gasteiger partial charge < -0.3 is 5.32 Å². The van der Waals surface area contributed by atoms with Crippen molar-refractivity contribution in [1.82, 2.24) is 25.6 Å². The lowest BCUT2D eigenvalue weighted by Crippen LogP contribution is -2.38. The first-order valence-electron chi connectivity index (χ1n) is 10.1. The summed E-state index contributed by atoms with van der Waals surface area (Å²) in [6, 6.07) is 11.9. The van der Waals surface area contributed by atoms with Gasteiger partial charge in [-0.1, -0.05) is 19.1 Å². The summed E-state index contributed by atoms with van der Waals surface area (Å²) in [6.45, 7) is 4.01. The Morgan fingerprint density at radius 1 is 1.13 bits per heavy atom. The molecule has 2 N–H and O–H groups in total. The highest BCUT2D eigenvalue weighted by atomic mass is 16.1. The first-order valence-corrected chi connectivity index (χ1v) is 10.1. The van der Waals surface area contributed by atoms with Crippen molar-refractivity contribution in [1.29, 1.82) is 0 Å². The Morgan fingerprint density at radius 2 is 1.94 bits per heavy atom. The van der Waals surface area contributed by atoms with E-state index in [1.807, 2.05) is 44.3 Å². The fourth-order valence-corrected chi connectivity index (χ4v) is 3.40. The molecule has 0 saturated heterocycles. The summed E-state index contributed by atoms with van der Waals surface area (Å²) in [5, 5.41) is 10.9. The summed E-state index contributed by atoms with van der Waals surface area (Å²) in [7, 11) is 3.78. The molecular formula is C23H27N7O. The molecule has 31 heavy (non-hydrogen) atoms. The molecule has 1 aliphatic rings. The molecule has 0 fully saturated rings. The third kappa shape index (κ3) is 4.24. The predicted molar refractivity (Wildman–Crippen MR) is 123 cm³/mol. The third-order valence-corrected chi connectivity index (χ3v) is 5.31. The number of hydrogen-bond acceptors (Lipinski definition) is 7. The standard InChI is InChI=1S/C23H25N7O.H2/c1-5-16-6-7-17(22-27-29(3)30(4)28-22)12-19(16)18-8-9-21(25-13-18)26-23(31)20-14-24-11-10-15(20)2;/h6-14H,5H2,1-4H3,(H,27,28)(H,25,26,31);1H. The summed E-state index contributed by atoms with van der Waals surface area (Å²) in [5.74, 6) is 1.06. The number of pyridine rings is 2. The Kier molecular flexibility index (Phi) is 5.64. The predicted octanol–water partition coefficient (Wildman–Crippen LogP) is 3.47. The van der Waals surface area contributed by atoms with Crippen LogP contribution < -0.4 is 10.7 Å². The highest BCUT2D eigenvalue weighted by Crippen LogP contribution is 2.27. The second-order valence-electron chi connectivity index (χ2n) is 7.38. The summed E-state index contributed by atoms with van der Waals surface area (Å²) in [5.41, 5.74) is 8.92. The smallest absolute Gasteiger partial charge is 0.258 e. The van der Waals surface area contributed by atoms with Crippen molar-refractivity contribution >= 4 is 17.6 Å². The zero-order valence-corrected chi connectivity index (χ0v) is 18.0. The van der Waals surface area contributed by atoms with Crippen LogP contribution in [0.15, 0.2) is 60.1 Å². The monoisotopic (exact) mass is 417 g/mol. The first kappa shape index (κ1) is 20.5. The molecule has 8 heteroatoms.